The monoisotopic (exact) mass is 492 g/mol. The van der Waals surface area contributed by atoms with Gasteiger partial charge in [0.2, 0.25) is 0 Å². The van der Waals surface area contributed by atoms with Crippen molar-refractivity contribution in [2.45, 2.75) is 110 Å². The molecule has 2 aromatic carbocycles. The minimum Gasteiger partial charge on any atom is -0.489 e. The smallest absolute Gasteiger partial charge is 0.133 e. The van der Waals surface area contributed by atoms with E-state index in [2.05, 4.69) is 64.3 Å². The van der Waals surface area contributed by atoms with Crippen LogP contribution in [0.4, 0.5) is 0 Å². The summed E-state index contributed by atoms with van der Waals surface area (Å²) in [6.45, 7) is 15.3. The first kappa shape index (κ1) is 29.8. The highest BCUT2D eigenvalue weighted by atomic mass is 16.5. The Hall–Kier alpha value is -2.39. The Balaban J connectivity index is 0.00000222. The molecule has 0 heterocycles. The van der Waals surface area contributed by atoms with Gasteiger partial charge in [-0.25, -0.2) is 0 Å². The van der Waals surface area contributed by atoms with Crippen LogP contribution < -0.4 is 4.74 Å². The highest BCUT2D eigenvalue weighted by Crippen LogP contribution is 2.44. The average Bonchev–Trinajstić information content (AvgIpc) is 2.88. The minimum atomic E-state index is -0.365. The number of rotatable bonds is 12. The molecule has 0 amide bonds. The molecule has 1 N–H and O–H groups in total. The molecule has 0 saturated heterocycles. The number of ether oxygens (including phenoxy) is 1. The first-order valence-corrected chi connectivity index (χ1v) is 13.8. The lowest BCUT2D eigenvalue weighted by atomic mass is 9.71. The summed E-state index contributed by atoms with van der Waals surface area (Å²) >= 11 is 0. The van der Waals surface area contributed by atoms with E-state index in [4.69, 9.17) is 4.74 Å². The fourth-order valence-corrected chi connectivity index (χ4v) is 5.41. The lowest BCUT2D eigenvalue weighted by Gasteiger charge is -2.34. The van der Waals surface area contributed by atoms with E-state index in [-0.39, 0.29) is 17.4 Å². The maximum Gasteiger partial charge on any atom is 0.133 e. The zero-order valence-electron chi connectivity index (χ0n) is 23.1. The maximum atomic E-state index is 12.5. The van der Waals surface area contributed by atoms with Gasteiger partial charge in [-0.15, -0.1) is 13.2 Å². The molecule has 3 atom stereocenters. The van der Waals surface area contributed by atoms with Crippen molar-refractivity contribution in [1.82, 2.24) is 0 Å². The third-order valence-corrected chi connectivity index (χ3v) is 7.54. The average molecular weight is 493 g/mol. The zero-order valence-corrected chi connectivity index (χ0v) is 23.1. The third-order valence-electron chi connectivity index (χ3n) is 7.54. The molecule has 3 heteroatoms. The van der Waals surface area contributed by atoms with Gasteiger partial charge in [0.1, 0.15) is 18.1 Å². The predicted molar refractivity (Wildman–Crippen MR) is 152 cm³/mol. The van der Waals surface area contributed by atoms with Gasteiger partial charge >= 0.3 is 0 Å². The van der Waals surface area contributed by atoms with Gasteiger partial charge in [-0.3, -0.25) is 4.79 Å². The molecule has 2 aromatic rings. The van der Waals surface area contributed by atoms with E-state index in [1.165, 1.54) is 31.2 Å². The summed E-state index contributed by atoms with van der Waals surface area (Å²) in [4.78, 5) is 12.5. The third kappa shape index (κ3) is 8.92. The molecule has 0 spiro atoms. The van der Waals surface area contributed by atoms with Gasteiger partial charge in [-0.1, -0.05) is 88.9 Å². The molecule has 36 heavy (non-hydrogen) atoms. The second-order valence-electron chi connectivity index (χ2n) is 11.0. The summed E-state index contributed by atoms with van der Waals surface area (Å²) < 4.78 is 6.47. The first-order chi connectivity index (χ1) is 17.3. The molecule has 1 aliphatic carbocycles. The van der Waals surface area contributed by atoms with E-state index in [0.717, 1.165) is 36.1 Å². The number of benzene rings is 2. The van der Waals surface area contributed by atoms with Crippen LogP contribution in [0.1, 0.15) is 108 Å². The zero-order chi connectivity index (χ0) is 26.6. The van der Waals surface area contributed by atoms with Gasteiger partial charge in [0, 0.05) is 12.8 Å². The molecule has 198 valence electrons. The van der Waals surface area contributed by atoms with Crippen LogP contribution in [0.25, 0.3) is 0 Å². The number of ketones is 1. The Morgan fingerprint density at radius 2 is 1.81 bits per heavy atom. The van der Waals surface area contributed by atoms with Crippen LogP contribution in [0, 0.1) is 5.92 Å². The number of Topliss-reactive ketones (excluding diaryl/α,β-unsaturated/α-hetero) is 1. The van der Waals surface area contributed by atoms with Crippen LogP contribution in [-0.2, 0) is 16.8 Å². The van der Waals surface area contributed by atoms with Gasteiger partial charge < -0.3 is 9.84 Å². The lowest BCUT2D eigenvalue weighted by Crippen LogP contribution is -2.27. The van der Waals surface area contributed by atoms with Gasteiger partial charge in [0.25, 0.3) is 0 Å². The second-order valence-corrected chi connectivity index (χ2v) is 11.0. The number of aliphatic hydroxyl groups is 1. The van der Waals surface area contributed by atoms with Crippen molar-refractivity contribution in [1.29, 1.82) is 0 Å². The predicted octanol–water partition coefficient (Wildman–Crippen LogP) is 8.54. The highest BCUT2D eigenvalue weighted by molar-refractivity contribution is 5.80. The topological polar surface area (TPSA) is 46.5 Å². The fraction of sp³-hybridized carbons (Fsp3) is 0.545. The molecule has 1 fully saturated rings. The summed E-state index contributed by atoms with van der Waals surface area (Å²) in [6.07, 6.45) is 8.57. The van der Waals surface area contributed by atoms with Crippen molar-refractivity contribution in [2.75, 3.05) is 0 Å². The number of aliphatic hydroxyl groups excluding tert-OH is 1. The standard InChI is InChI=1S/C31H44O3.C2H4/c1-5-6-7-11-18-31(3,4)26-15-17-28(29-21-27(33)16-14-25(29)19-23(2)32)30(20-26)34-22-24-12-9-8-10-13-24;1-2/h8-10,12-13,15,17,20,23,25,29,32H,5-7,11,14,16,18-19,21-22H2,1-4H3;1-2H2/t23?,25-,29+;/m0./s1. The van der Waals surface area contributed by atoms with E-state index in [9.17, 15) is 9.90 Å². The van der Waals surface area contributed by atoms with Crippen LogP contribution in [0.5, 0.6) is 5.75 Å². The maximum absolute atomic E-state index is 12.5. The van der Waals surface area contributed by atoms with Gasteiger partial charge in [-0.2, -0.15) is 0 Å². The van der Waals surface area contributed by atoms with E-state index < -0.39 is 0 Å². The number of carbonyl (C=O) groups is 1. The van der Waals surface area contributed by atoms with Gasteiger partial charge in [0.15, 0.2) is 0 Å². The Kier molecular flexibility index (Phi) is 12.4. The Morgan fingerprint density at radius 1 is 1.08 bits per heavy atom. The van der Waals surface area contributed by atoms with E-state index in [1.54, 1.807) is 0 Å². The van der Waals surface area contributed by atoms with Crippen LogP contribution in [0.3, 0.4) is 0 Å². The first-order valence-electron chi connectivity index (χ1n) is 13.8. The summed E-state index contributed by atoms with van der Waals surface area (Å²) in [7, 11) is 0. The van der Waals surface area contributed by atoms with Crippen molar-refractivity contribution in [2.24, 2.45) is 5.92 Å². The van der Waals surface area contributed by atoms with Crippen LogP contribution in [0.2, 0.25) is 0 Å². The second kappa shape index (κ2) is 15.0. The summed E-state index contributed by atoms with van der Waals surface area (Å²) in [6, 6.07) is 17.0. The fourth-order valence-electron chi connectivity index (χ4n) is 5.41. The van der Waals surface area contributed by atoms with E-state index in [1.807, 2.05) is 25.1 Å². The van der Waals surface area contributed by atoms with Crippen molar-refractivity contribution in [3.63, 3.8) is 0 Å². The number of unbranched alkanes of at least 4 members (excludes halogenated alkanes) is 3. The molecule has 1 unspecified atom stereocenters. The molecule has 0 bridgehead atoms. The van der Waals surface area contributed by atoms with Gasteiger partial charge in [-0.05, 0) is 66.2 Å². The van der Waals surface area contributed by atoms with Gasteiger partial charge in [0.05, 0.1) is 6.10 Å². The molecule has 1 aliphatic rings. The molecule has 3 nitrogen and oxygen atoms in total. The van der Waals surface area contributed by atoms with Crippen molar-refractivity contribution < 1.29 is 14.6 Å². The summed E-state index contributed by atoms with van der Waals surface area (Å²) in [5, 5.41) is 10.1. The van der Waals surface area contributed by atoms with Crippen LogP contribution >= 0.6 is 0 Å². The normalized spacial score (nSPS) is 18.8. The molecule has 0 radical (unpaired) electrons. The SMILES string of the molecule is C=C.CCCCCCC(C)(C)c1ccc([C@@H]2CC(=O)CC[C@H]2CC(C)O)c(OCc2ccccc2)c1. The molecule has 0 aliphatic heterocycles. The number of hydrogen-bond acceptors (Lipinski definition) is 3. The molecule has 0 aromatic heterocycles. The number of carbonyl (C=O) groups excluding carboxylic acids is 1. The van der Waals surface area contributed by atoms with E-state index >= 15 is 0 Å². The summed E-state index contributed by atoms with van der Waals surface area (Å²) in [5.74, 6) is 1.62. The number of hydrogen-bond donors (Lipinski definition) is 1. The van der Waals surface area contributed by atoms with Crippen molar-refractivity contribution >= 4 is 5.78 Å². The van der Waals surface area contributed by atoms with Crippen LogP contribution in [-0.4, -0.2) is 17.0 Å². The molecule has 3 rings (SSSR count). The Labute approximate surface area is 220 Å². The molecular formula is C33H48O3. The van der Waals surface area contributed by atoms with Crippen molar-refractivity contribution in [3.05, 3.63) is 78.4 Å². The van der Waals surface area contributed by atoms with Crippen LogP contribution in [0.15, 0.2) is 61.7 Å². The lowest BCUT2D eigenvalue weighted by molar-refractivity contribution is -0.121. The Bertz CT molecular complexity index is 916. The van der Waals surface area contributed by atoms with Crippen molar-refractivity contribution in [3.8, 4) is 5.75 Å². The Morgan fingerprint density at radius 3 is 2.47 bits per heavy atom. The quantitative estimate of drug-likeness (QED) is 0.238. The summed E-state index contributed by atoms with van der Waals surface area (Å²) in [5.41, 5.74) is 3.63. The van der Waals surface area contributed by atoms with E-state index in [0.29, 0.717) is 31.1 Å². The largest absolute Gasteiger partial charge is 0.489 e. The minimum absolute atomic E-state index is 0.0680. The molecule has 1 saturated carbocycles. The molecular weight excluding hydrogens is 444 g/mol. The highest BCUT2D eigenvalue weighted by Gasteiger charge is 2.34.